The Hall–Kier alpha value is -0.960. The van der Waals surface area contributed by atoms with Crippen LogP contribution in [0, 0.1) is 6.92 Å². The second-order valence-corrected chi connectivity index (χ2v) is 5.40. The topological polar surface area (TPSA) is 29.1 Å². The SMILES string of the molecule is Cc1cccc2c1SC1(CC1)C(=O)N2. The largest absolute Gasteiger partial charge is 0.324 e. The Balaban J connectivity index is 2.11. The molecular formula is C11H11NOS. The van der Waals surface area contributed by atoms with Gasteiger partial charge in [-0.15, -0.1) is 11.8 Å². The van der Waals surface area contributed by atoms with Gasteiger partial charge in [0.05, 0.1) is 10.4 Å². The molecule has 1 fully saturated rings. The third-order valence-corrected chi connectivity index (χ3v) is 4.61. The summed E-state index contributed by atoms with van der Waals surface area (Å²) in [5, 5.41) is 2.99. The summed E-state index contributed by atoms with van der Waals surface area (Å²) in [6, 6.07) is 6.06. The van der Waals surface area contributed by atoms with Gasteiger partial charge in [0, 0.05) is 4.90 Å². The molecule has 72 valence electrons. The van der Waals surface area contributed by atoms with Crippen molar-refractivity contribution < 1.29 is 4.79 Å². The Labute approximate surface area is 87.1 Å². The van der Waals surface area contributed by atoms with Gasteiger partial charge in [0.2, 0.25) is 5.91 Å². The van der Waals surface area contributed by atoms with Crippen molar-refractivity contribution >= 4 is 23.4 Å². The molecule has 2 nitrogen and oxygen atoms in total. The number of aryl methyl sites for hydroxylation is 1. The monoisotopic (exact) mass is 205 g/mol. The second-order valence-electron chi connectivity index (χ2n) is 4.00. The van der Waals surface area contributed by atoms with E-state index in [0.29, 0.717) is 0 Å². The van der Waals surface area contributed by atoms with E-state index in [9.17, 15) is 4.79 Å². The van der Waals surface area contributed by atoms with Crippen molar-refractivity contribution in [2.45, 2.75) is 29.4 Å². The van der Waals surface area contributed by atoms with Crippen LogP contribution >= 0.6 is 11.8 Å². The van der Waals surface area contributed by atoms with Gasteiger partial charge in [0.15, 0.2) is 0 Å². The van der Waals surface area contributed by atoms with Gasteiger partial charge >= 0.3 is 0 Å². The van der Waals surface area contributed by atoms with Gasteiger partial charge in [-0.05, 0) is 31.4 Å². The first-order valence-electron chi connectivity index (χ1n) is 4.81. The maximum Gasteiger partial charge on any atom is 0.241 e. The molecule has 1 spiro atoms. The molecule has 0 atom stereocenters. The molecule has 0 unspecified atom stereocenters. The van der Waals surface area contributed by atoms with Crippen LogP contribution in [-0.2, 0) is 4.79 Å². The van der Waals surface area contributed by atoms with Gasteiger partial charge in [-0.1, -0.05) is 12.1 Å². The van der Waals surface area contributed by atoms with Crippen LogP contribution in [0.4, 0.5) is 5.69 Å². The first-order valence-corrected chi connectivity index (χ1v) is 5.63. The van der Waals surface area contributed by atoms with Crippen LogP contribution in [0.1, 0.15) is 18.4 Å². The van der Waals surface area contributed by atoms with E-state index in [1.807, 2.05) is 12.1 Å². The van der Waals surface area contributed by atoms with Crippen LogP contribution in [0.3, 0.4) is 0 Å². The van der Waals surface area contributed by atoms with Crippen molar-refractivity contribution in [1.82, 2.24) is 0 Å². The van der Waals surface area contributed by atoms with E-state index in [1.165, 1.54) is 10.5 Å². The molecular weight excluding hydrogens is 194 g/mol. The molecule has 0 saturated heterocycles. The van der Waals surface area contributed by atoms with Gasteiger partial charge in [-0.3, -0.25) is 4.79 Å². The summed E-state index contributed by atoms with van der Waals surface area (Å²) in [7, 11) is 0. The molecule has 1 aromatic carbocycles. The Bertz CT molecular complexity index is 423. The van der Waals surface area contributed by atoms with Crippen molar-refractivity contribution in [2.24, 2.45) is 0 Å². The van der Waals surface area contributed by atoms with Crippen LogP contribution in [0.5, 0.6) is 0 Å². The molecule has 1 amide bonds. The van der Waals surface area contributed by atoms with Crippen molar-refractivity contribution in [3.63, 3.8) is 0 Å². The molecule has 3 heteroatoms. The predicted molar refractivity (Wildman–Crippen MR) is 57.6 cm³/mol. The lowest BCUT2D eigenvalue weighted by Gasteiger charge is -2.24. The smallest absolute Gasteiger partial charge is 0.241 e. The number of hydrogen-bond donors (Lipinski definition) is 1. The summed E-state index contributed by atoms with van der Waals surface area (Å²) in [6.07, 6.45) is 2.05. The number of rotatable bonds is 0. The average molecular weight is 205 g/mol. The lowest BCUT2D eigenvalue weighted by Crippen LogP contribution is -2.30. The number of nitrogens with one attached hydrogen (secondary N) is 1. The zero-order valence-corrected chi connectivity index (χ0v) is 8.78. The van der Waals surface area contributed by atoms with Crippen LogP contribution in [-0.4, -0.2) is 10.7 Å². The van der Waals surface area contributed by atoms with E-state index in [1.54, 1.807) is 11.8 Å². The summed E-state index contributed by atoms with van der Waals surface area (Å²) in [6.45, 7) is 2.10. The van der Waals surface area contributed by atoms with E-state index in [4.69, 9.17) is 0 Å². The lowest BCUT2D eigenvalue weighted by molar-refractivity contribution is -0.116. The molecule has 2 aliphatic rings. The summed E-state index contributed by atoms with van der Waals surface area (Å²) in [4.78, 5) is 13.0. The zero-order chi connectivity index (χ0) is 9.76. The Morgan fingerprint density at radius 3 is 2.93 bits per heavy atom. The highest BCUT2D eigenvalue weighted by Gasteiger charge is 2.53. The Kier molecular flexibility index (Phi) is 1.52. The predicted octanol–water partition coefficient (Wildman–Crippen LogP) is 2.57. The first kappa shape index (κ1) is 8.36. The van der Waals surface area contributed by atoms with Crippen molar-refractivity contribution in [2.75, 3.05) is 5.32 Å². The molecule has 1 aliphatic heterocycles. The molecule has 1 aliphatic carbocycles. The average Bonchev–Trinajstić information content (AvgIpc) is 2.91. The quantitative estimate of drug-likeness (QED) is 0.705. The number of thioether (sulfide) groups is 1. The van der Waals surface area contributed by atoms with E-state index >= 15 is 0 Å². The van der Waals surface area contributed by atoms with Crippen LogP contribution < -0.4 is 5.32 Å². The number of carbonyl (C=O) groups is 1. The maximum atomic E-state index is 11.7. The number of carbonyl (C=O) groups excluding carboxylic acids is 1. The third kappa shape index (κ3) is 1.02. The fourth-order valence-electron chi connectivity index (χ4n) is 1.81. The highest BCUT2D eigenvalue weighted by atomic mass is 32.2. The summed E-state index contributed by atoms with van der Waals surface area (Å²) in [5.74, 6) is 0.195. The van der Waals surface area contributed by atoms with Gasteiger partial charge in [0.1, 0.15) is 0 Å². The molecule has 1 saturated carbocycles. The molecule has 0 aromatic heterocycles. The maximum absolute atomic E-state index is 11.7. The van der Waals surface area contributed by atoms with E-state index in [2.05, 4.69) is 18.3 Å². The van der Waals surface area contributed by atoms with Gasteiger partial charge in [0.25, 0.3) is 0 Å². The minimum atomic E-state index is -0.112. The van der Waals surface area contributed by atoms with Crippen LogP contribution in [0.15, 0.2) is 23.1 Å². The Morgan fingerprint density at radius 1 is 1.43 bits per heavy atom. The second kappa shape index (κ2) is 2.54. The normalized spacial score (nSPS) is 21.6. The lowest BCUT2D eigenvalue weighted by atomic mass is 10.2. The molecule has 1 N–H and O–H groups in total. The Morgan fingerprint density at radius 2 is 2.21 bits per heavy atom. The third-order valence-electron chi connectivity index (χ3n) is 2.88. The summed E-state index contributed by atoms with van der Waals surface area (Å²) < 4.78 is -0.112. The number of anilines is 1. The standard InChI is InChI=1S/C11H11NOS/c1-7-3-2-4-8-9(7)14-11(5-6-11)10(13)12-8/h2-4H,5-6H2,1H3,(H,12,13). The number of amides is 1. The van der Waals surface area contributed by atoms with Crippen LogP contribution in [0.25, 0.3) is 0 Å². The van der Waals surface area contributed by atoms with E-state index in [0.717, 1.165) is 18.5 Å². The van der Waals surface area contributed by atoms with Crippen molar-refractivity contribution in [3.8, 4) is 0 Å². The first-order chi connectivity index (χ1) is 6.71. The highest BCUT2D eigenvalue weighted by molar-refractivity contribution is 8.02. The number of benzene rings is 1. The molecule has 0 bridgehead atoms. The van der Waals surface area contributed by atoms with Gasteiger partial charge < -0.3 is 5.32 Å². The zero-order valence-electron chi connectivity index (χ0n) is 7.96. The minimum Gasteiger partial charge on any atom is -0.324 e. The highest BCUT2D eigenvalue weighted by Crippen LogP contribution is 2.57. The van der Waals surface area contributed by atoms with E-state index < -0.39 is 0 Å². The molecule has 14 heavy (non-hydrogen) atoms. The van der Waals surface area contributed by atoms with Crippen LogP contribution in [0.2, 0.25) is 0 Å². The van der Waals surface area contributed by atoms with Gasteiger partial charge in [-0.2, -0.15) is 0 Å². The van der Waals surface area contributed by atoms with E-state index in [-0.39, 0.29) is 10.7 Å². The molecule has 1 aromatic rings. The molecule has 3 rings (SSSR count). The van der Waals surface area contributed by atoms with Crippen molar-refractivity contribution in [1.29, 1.82) is 0 Å². The molecule has 1 heterocycles. The fourth-order valence-corrected chi connectivity index (χ4v) is 3.11. The van der Waals surface area contributed by atoms with Crippen molar-refractivity contribution in [3.05, 3.63) is 23.8 Å². The summed E-state index contributed by atoms with van der Waals surface area (Å²) in [5.41, 5.74) is 2.25. The fraction of sp³-hybridized carbons (Fsp3) is 0.364. The minimum absolute atomic E-state index is 0.112. The number of fused-ring (bicyclic) bond motifs is 1. The summed E-state index contributed by atoms with van der Waals surface area (Å²) >= 11 is 1.75. The number of hydrogen-bond acceptors (Lipinski definition) is 2. The molecule has 0 radical (unpaired) electrons. The van der Waals surface area contributed by atoms with Gasteiger partial charge in [-0.25, -0.2) is 0 Å².